The fourth-order valence-corrected chi connectivity index (χ4v) is 3.60. The highest BCUT2D eigenvalue weighted by Crippen LogP contribution is 2.26. The summed E-state index contributed by atoms with van der Waals surface area (Å²) in [5.74, 6) is 1.72. The molecule has 1 aromatic rings. The van der Waals surface area contributed by atoms with Gasteiger partial charge in [0.2, 0.25) is 0 Å². The van der Waals surface area contributed by atoms with Gasteiger partial charge >= 0.3 is 0 Å². The quantitative estimate of drug-likeness (QED) is 0.669. The summed E-state index contributed by atoms with van der Waals surface area (Å²) in [4.78, 5) is 3.79. The number of nitrogen functional groups attached to an aromatic ring is 1. The lowest BCUT2D eigenvalue weighted by molar-refractivity contribution is -0.0191. The van der Waals surface area contributed by atoms with Crippen LogP contribution in [0, 0.1) is 12.8 Å². The van der Waals surface area contributed by atoms with Crippen LogP contribution in [0.5, 0.6) is 0 Å². The zero-order chi connectivity index (χ0) is 14.5. The summed E-state index contributed by atoms with van der Waals surface area (Å²) in [6.07, 6.45) is 0.327. The van der Waals surface area contributed by atoms with Crippen LogP contribution in [0.2, 0.25) is 0 Å². The maximum atomic E-state index is 5.89. The Kier molecular flexibility index (Phi) is 5.75. The van der Waals surface area contributed by atoms with Gasteiger partial charge in [-0.25, -0.2) is 0 Å². The van der Waals surface area contributed by atoms with Crippen LogP contribution in [0.25, 0.3) is 0 Å². The zero-order valence-corrected chi connectivity index (χ0v) is 13.6. The number of ether oxygens (including phenoxy) is 1. The largest absolute Gasteiger partial charge is 0.399 e. The van der Waals surface area contributed by atoms with Crippen LogP contribution in [-0.4, -0.2) is 43.0 Å². The highest BCUT2D eigenvalue weighted by molar-refractivity contribution is 7.99. The zero-order valence-electron chi connectivity index (χ0n) is 12.8. The van der Waals surface area contributed by atoms with Crippen molar-refractivity contribution in [1.82, 2.24) is 4.90 Å². The van der Waals surface area contributed by atoms with Gasteiger partial charge in [0.15, 0.2) is 0 Å². The second kappa shape index (κ2) is 7.34. The van der Waals surface area contributed by atoms with Gasteiger partial charge in [0.25, 0.3) is 0 Å². The molecule has 1 aromatic carbocycles. The molecular formula is C16H26N2OS. The van der Waals surface area contributed by atoms with Crippen LogP contribution in [0.3, 0.4) is 0 Å². The van der Waals surface area contributed by atoms with Crippen molar-refractivity contribution in [3.63, 3.8) is 0 Å². The van der Waals surface area contributed by atoms with Crippen LogP contribution < -0.4 is 5.73 Å². The predicted octanol–water partition coefficient (Wildman–Crippen LogP) is 3.03. The molecule has 0 aliphatic carbocycles. The number of aryl methyl sites for hydroxylation is 1. The normalized spacial score (nSPS) is 20.5. The molecule has 2 N–H and O–H groups in total. The first kappa shape index (κ1) is 15.7. The van der Waals surface area contributed by atoms with E-state index in [2.05, 4.69) is 37.8 Å². The lowest BCUT2D eigenvalue weighted by Crippen LogP contribution is -2.44. The van der Waals surface area contributed by atoms with Crippen molar-refractivity contribution in [3.05, 3.63) is 23.8 Å². The van der Waals surface area contributed by atoms with E-state index in [1.54, 1.807) is 0 Å². The summed E-state index contributed by atoms with van der Waals surface area (Å²) >= 11 is 1.86. The third-order valence-corrected chi connectivity index (χ3v) is 4.77. The van der Waals surface area contributed by atoms with Gasteiger partial charge < -0.3 is 10.5 Å². The minimum absolute atomic E-state index is 0.327. The lowest BCUT2D eigenvalue weighted by Gasteiger charge is -2.33. The molecule has 1 aliphatic rings. The molecule has 4 heteroatoms. The molecular weight excluding hydrogens is 268 g/mol. The van der Waals surface area contributed by atoms with Crippen molar-refractivity contribution in [2.45, 2.75) is 31.8 Å². The van der Waals surface area contributed by atoms with Crippen LogP contribution in [0.4, 0.5) is 5.69 Å². The first-order valence-corrected chi connectivity index (χ1v) is 8.36. The Labute approximate surface area is 126 Å². The molecule has 1 atom stereocenters. The molecule has 20 heavy (non-hydrogen) atoms. The number of rotatable bonds is 5. The van der Waals surface area contributed by atoms with E-state index in [1.807, 2.05) is 17.8 Å². The molecule has 1 unspecified atom stereocenters. The standard InChI is InChI=1S/C16H26N2OS/c1-12(2)9-18-6-7-19-15(10-18)11-20-16-8-14(17)5-4-13(16)3/h4-5,8,12,15H,6-7,9-11,17H2,1-3H3. The van der Waals surface area contributed by atoms with Gasteiger partial charge in [0, 0.05) is 36.0 Å². The third-order valence-electron chi connectivity index (χ3n) is 3.48. The Bertz CT molecular complexity index is 436. The number of hydrogen-bond acceptors (Lipinski definition) is 4. The fraction of sp³-hybridized carbons (Fsp3) is 0.625. The van der Waals surface area contributed by atoms with Gasteiger partial charge in [0.05, 0.1) is 12.7 Å². The monoisotopic (exact) mass is 294 g/mol. The summed E-state index contributed by atoms with van der Waals surface area (Å²) in [6.45, 7) is 10.8. The molecule has 0 bridgehead atoms. The van der Waals surface area contributed by atoms with E-state index in [0.717, 1.165) is 37.1 Å². The smallest absolute Gasteiger partial charge is 0.0796 e. The summed E-state index contributed by atoms with van der Waals surface area (Å²) in [5.41, 5.74) is 7.99. The topological polar surface area (TPSA) is 38.5 Å². The number of thioether (sulfide) groups is 1. The number of nitrogens with two attached hydrogens (primary N) is 1. The molecule has 112 valence electrons. The van der Waals surface area contributed by atoms with Crippen LogP contribution in [0.15, 0.2) is 23.1 Å². The van der Waals surface area contributed by atoms with E-state index in [9.17, 15) is 0 Å². The van der Waals surface area contributed by atoms with E-state index in [4.69, 9.17) is 10.5 Å². The Morgan fingerprint density at radius 2 is 2.25 bits per heavy atom. The Hall–Kier alpha value is -0.710. The van der Waals surface area contributed by atoms with Gasteiger partial charge in [-0.3, -0.25) is 4.90 Å². The highest BCUT2D eigenvalue weighted by Gasteiger charge is 2.21. The SMILES string of the molecule is Cc1ccc(N)cc1SCC1CN(CC(C)C)CCO1. The second-order valence-electron chi connectivity index (χ2n) is 5.98. The molecule has 1 heterocycles. The summed E-state index contributed by atoms with van der Waals surface area (Å²) in [7, 11) is 0. The molecule has 0 spiro atoms. The number of hydrogen-bond donors (Lipinski definition) is 1. The van der Waals surface area contributed by atoms with Gasteiger partial charge in [0.1, 0.15) is 0 Å². The van der Waals surface area contributed by atoms with E-state index in [-0.39, 0.29) is 0 Å². The molecule has 3 nitrogen and oxygen atoms in total. The molecule has 0 amide bonds. The third kappa shape index (κ3) is 4.69. The Morgan fingerprint density at radius 3 is 3.00 bits per heavy atom. The van der Waals surface area contributed by atoms with Crippen molar-refractivity contribution in [1.29, 1.82) is 0 Å². The second-order valence-corrected chi connectivity index (χ2v) is 7.04. The van der Waals surface area contributed by atoms with Crippen LogP contribution >= 0.6 is 11.8 Å². The van der Waals surface area contributed by atoms with Crippen molar-refractivity contribution >= 4 is 17.4 Å². The van der Waals surface area contributed by atoms with E-state index < -0.39 is 0 Å². The number of anilines is 1. The average molecular weight is 294 g/mol. The lowest BCUT2D eigenvalue weighted by atomic mass is 10.2. The summed E-state index contributed by atoms with van der Waals surface area (Å²) in [5, 5.41) is 0. The predicted molar refractivity (Wildman–Crippen MR) is 87.3 cm³/mol. The average Bonchev–Trinajstić information content (AvgIpc) is 2.39. The maximum Gasteiger partial charge on any atom is 0.0796 e. The van der Waals surface area contributed by atoms with E-state index >= 15 is 0 Å². The van der Waals surface area contributed by atoms with Crippen LogP contribution in [0.1, 0.15) is 19.4 Å². The Morgan fingerprint density at radius 1 is 1.45 bits per heavy atom. The molecule has 0 saturated carbocycles. The highest BCUT2D eigenvalue weighted by atomic mass is 32.2. The minimum atomic E-state index is 0.327. The summed E-state index contributed by atoms with van der Waals surface area (Å²) < 4.78 is 5.89. The van der Waals surface area contributed by atoms with Crippen molar-refractivity contribution in [2.75, 3.05) is 37.7 Å². The van der Waals surface area contributed by atoms with Crippen molar-refractivity contribution in [3.8, 4) is 0 Å². The summed E-state index contributed by atoms with van der Waals surface area (Å²) in [6, 6.07) is 6.11. The molecule has 0 radical (unpaired) electrons. The maximum absolute atomic E-state index is 5.89. The van der Waals surface area contributed by atoms with Crippen LogP contribution in [-0.2, 0) is 4.74 Å². The first-order chi connectivity index (χ1) is 9.54. The van der Waals surface area contributed by atoms with Gasteiger partial charge in [-0.15, -0.1) is 11.8 Å². The molecule has 1 aliphatic heterocycles. The number of morpholine rings is 1. The fourth-order valence-electron chi connectivity index (χ4n) is 2.52. The van der Waals surface area contributed by atoms with Gasteiger partial charge in [-0.05, 0) is 30.5 Å². The minimum Gasteiger partial charge on any atom is -0.399 e. The molecule has 1 saturated heterocycles. The van der Waals surface area contributed by atoms with E-state index in [0.29, 0.717) is 6.10 Å². The molecule has 2 rings (SSSR count). The van der Waals surface area contributed by atoms with Crippen molar-refractivity contribution in [2.24, 2.45) is 5.92 Å². The Balaban J connectivity index is 1.85. The van der Waals surface area contributed by atoms with Crippen molar-refractivity contribution < 1.29 is 4.74 Å². The number of benzene rings is 1. The van der Waals surface area contributed by atoms with Gasteiger partial charge in [-0.2, -0.15) is 0 Å². The molecule has 0 aromatic heterocycles. The molecule has 1 fully saturated rings. The van der Waals surface area contributed by atoms with Gasteiger partial charge in [-0.1, -0.05) is 19.9 Å². The first-order valence-electron chi connectivity index (χ1n) is 7.37. The van der Waals surface area contributed by atoms with E-state index in [1.165, 1.54) is 17.0 Å². The number of nitrogens with zero attached hydrogens (tertiary/aromatic N) is 1.